The maximum atomic E-state index is 12.0. The fourth-order valence-corrected chi connectivity index (χ4v) is 1.84. The van der Waals surface area contributed by atoms with Crippen molar-refractivity contribution in [3.63, 3.8) is 0 Å². The number of benzene rings is 1. The first-order valence-electron chi connectivity index (χ1n) is 7.51. The Kier molecular flexibility index (Phi) is 6.21. The van der Waals surface area contributed by atoms with E-state index in [-0.39, 0.29) is 11.8 Å². The average Bonchev–Trinajstić information content (AvgIpc) is 2.44. The highest BCUT2D eigenvalue weighted by Crippen LogP contribution is 2.23. The number of nitrogens with one attached hydrogen (secondary N) is 1. The zero-order valence-corrected chi connectivity index (χ0v) is 13.8. The Bertz CT molecular complexity index is 452. The monoisotopic (exact) mass is 292 g/mol. The van der Waals surface area contributed by atoms with Crippen LogP contribution in [-0.2, 0) is 10.3 Å². The zero-order chi connectivity index (χ0) is 16.0. The zero-order valence-electron chi connectivity index (χ0n) is 13.8. The predicted octanol–water partition coefficient (Wildman–Crippen LogP) is 2.67. The Morgan fingerprint density at radius 3 is 2.29 bits per heavy atom. The van der Waals surface area contributed by atoms with Crippen molar-refractivity contribution in [2.24, 2.45) is 17.6 Å². The van der Waals surface area contributed by atoms with E-state index in [1.165, 1.54) is 0 Å². The van der Waals surface area contributed by atoms with Gasteiger partial charge in [0.2, 0.25) is 5.91 Å². The first kappa shape index (κ1) is 17.5. The minimum atomic E-state index is -0.433. The van der Waals surface area contributed by atoms with Crippen molar-refractivity contribution >= 4 is 5.91 Å². The second-order valence-electron chi connectivity index (χ2n) is 6.48. The molecular formula is C17H28N2O2. The summed E-state index contributed by atoms with van der Waals surface area (Å²) in [5.74, 6) is 1.14. The lowest BCUT2D eigenvalue weighted by molar-refractivity contribution is -0.125. The highest BCUT2D eigenvalue weighted by Gasteiger charge is 2.24. The number of carbonyl (C=O) groups is 1. The van der Waals surface area contributed by atoms with E-state index in [1.54, 1.807) is 0 Å². The van der Waals surface area contributed by atoms with Gasteiger partial charge in [0.05, 0.1) is 12.1 Å². The van der Waals surface area contributed by atoms with Crippen LogP contribution in [0.5, 0.6) is 5.75 Å². The molecule has 118 valence electrons. The molecule has 1 unspecified atom stereocenters. The molecule has 0 fully saturated rings. The van der Waals surface area contributed by atoms with Crippen LogP contribution in [0, 0.1) is 11.8 Å². The SMILES string of the molecule is CC(C)COc1ccc(C(C)(C)NC(=O)C(C)CN)cc1. The van der Waals surface area contributed by atoms with Crippen LogP contribution in [0.1, 0.15) is 40.2 Å². The molecule has 0 bridgehead atoms. The van der Waals surface area contributed by atoms with Crippen molar-refractivity contribution in [3.05, 3.63) is 29.8 Å². The standard InChI is InChI=1S/C17H28N2O2/c1-12(2)11-21-15-8-6-14(7-9-15)17(4,5)19-16(20)13(3)10-18/h6-9,12-13H,10-11,18H2,1-5H3,(H,19,20). The van der Waals surface area contributed by atoms with Crippen molar-refractivity contribution in [1.82, 2.24) is 5.32 Å². The maximum Gasteiger partial charge on any atom is 0.224 e. The van der Waals surface area contributed by atoms with Gasteiger partial charge in [0.1, 0.15) is 5.75 Å². The molecule has 0 aliphatic heterocycles. The van der Waals surface area contributed by atoms with Crippen LogP contribution in [0.3, 0.4) is 0 Å². The molecule has 0 spiro atoms. The summed E-state index contributed by atoms with van der Waals surface area (Å²) in [6.45, 7) is 11.1. The van der Waals surface area contributed by atoms with Gasteiger partial charge in [0.25, 0.3) is 0 Å². The lowest BCUT2D eigenvalue weighted by Crippen LogP contribution is -2.44. The highest BCUT2D eigenvalue weighted by atomic mass is 16.5. The van der Waals surface area contributed by atoms with Gasteiger partial charge in [0, 0.05) is 12.5 Å². The first-order chi connectivity index (χ1) is 9.76. The van der Waals surface area contributed by atoms with Gasteiger partial charge in [-0.2, -0.15) is 0 Å². The fraction of sp³-hybridized carbons (Fsp3) is 0.588. The predicted molar refractivity (Wildman–Crippen MR) is 86.2 cm³/mol. The normalized spacial score (nSPS) is 13.1. The molecule has 4 nitrogen and oxygen atoms in total. The van der Waals surface area contributed by atoms with Crippen LogP contribution < -0.4 is 15.8 Å². The van der Waals surface area contributed by atoms with Gasteiger partial charge in [0.15, 0.2) is 0 Å². The number of nitrogens with two attached hydrogens (primary N) is 1. The van der Waals surface area contributed by atoms with Crippen LogP contribution in [-0.4, -0.2) is 19.1 Å². The van der Waals surface area contributed by atoms with Crippen molar-refractivity contribution in [2.45, 2.75) is 40.2 Å². The van der Waals surface area contributed by atoms with Gasteiger partial charge < -0.3 is 15.8 Å². The number of hydrogen-bond donors (Lipinski definition) is 2. The molecule has 1 aromatic rings. The van der Waals surface area contributed by atoms with Crippen LogP contribution in [0.4, 0.5) is 0 Å². The Hall–Kier alpha value is -1.55. The molecular weight excluding hydrogens is 264 g/mol. The summed E-state index contributed by atoms with van der Waals surface area (Å²) in [6.07, 6.45) is 0. The fourth-order valence-electron chi connectivity index (χ4n) is 1.84. The minimum Gasteiger partial charge on any atom is -0.493 e. The minimum absolute atomic E-state index is 0.0253. The average molecular weight is 292 g/mol. The van der Waals surface area contributed by atoms with Gasteiger partial charge in [-0.1, -0.05) is 32.9 Å². The molecule has 0 saturated carbocycles. The van der Waals surface area contributed by atoms with Crippen molar-refractivity contribution in [1.29, 1.82) is 0 Å². The molecule has 1 atom stereocenters. The van der Waals surface area contributed by atoms with Gasteiger partial charge in [-0.25, -0.2) is 0 Å². The number of hydrogen-bond acceptors (Lipinski definition) is 3. The summed E-state index contributed by atoms with van der Waals surface area (Å²) in [5, 5.41) is 3.03. The van der Waals surface area contributed by atoms with E-state index < -0.39 is 5.54 Å². The van der Waals surface area contributed by atoms with E-state index in [4.69, 9.17) is 10.5 Å². The molecule has 0 radical (unpaired) electrons. The Balaban J connectivity index is 2.72. The second kappa shape index (κ2) is 7.46. The smallest absolute Gasteiger partial charge is 0.224 e. The number of amides is 1. The van der Waals surface area contributed by atoms with E-state index in [9.17, 15) is 4.79 Å². The van der Waals surface area contributed by atoms with E-state index >= 15 is 0 Å². The Morgan fingerprint density at radius 2 is 1.81 bits per heavy atom. The van der Waals surface area contributed by atoms with Crippen LogP contribution in [0.2, 0.25) is 0 Å². The molecule has 4 heteroatoms. The quantitative estimate of drug-likeness (QED) is 0.812. The maximum absolute atomic E-state index is 12.0. The molecule has 0 aliphatic rings. The van der Waals surface area contributed by atoms with Crippen LogP contribution in [0.25, 0.3) is 0 Å². The van der Waals surface area contributed by atoms with E-state index in [1.807, 2.05) is 45.0 Å². The molecule has 1 rings (SSSR count). The third-order valence-electron chi connectivity index (χ3n) is 3.40. The molecule has 1 aromatic carbocycles. The van der Waals surface area contributed by atoms with Crippen molar-refractivity contribution in [3.8, 4) is 5.75 Å². The molecule has 21 heavy (non-hydrogen) atoms. The van der Waals surface area contributed by atoms with E-state index in [2.05, 4.69) is 19.2 Å². The molecule has 3 N–H and O–H groups in total. The Morgan fingerprint density at radius 1 is 1.24 bits per heavy atom. The summed E-state index contributed by atoms with van der Waals surface area (Å²) < 4.78 is 5.67. The topological polar surface area (TPSA) is 64.3 Å². The second-order valence-corrected chi connectivity index (χ2v) is 6.48. The lowest BCUT2D eigenvalue weighted by atomic mass is 9.93. The largest absolute Gasteiger partial charge is 0.493 e. The summed E-state index contributed by atoms with van der Waals surface area (Å²) in [6, 6.07) is 7.86. The first-order valence-corrected chi connectivity index (χ1v) is 7.51. The van der Waals surface area contributed by atoms with Gasteiger partial charge in [-0.15, -0.1) is 0 Å². The summed E-state index contributed by atoms with van der Waals surface area (Å²) in [4.78, 5) is 12.0. The van der Waals surface area contributed by atoms with E-state index in [0.29, 0.717) is 19.1 Å². The highest BCUT2D eigenvalue weighted by molar-refractivity contribution is 5.79. The van der Waals surface area contributed by atoms with Gasteiger partial charge in [-0.05, 0) is 37.5 Å². The van der Waals surface area contributed by atoms with Crippen molar-refractivity contribution in [2.75, 3.05) is 13.2 Å². The van der Waals surface area contributed by atoms with E-state index in [0.717, 1.165) is 11.3 Å². The van der Waals surface area contributed by atoms with Crippen LogP contribution >= 0.6 is 0 Å². The third-order valence-corrected chi connectivity index (χ3v) is 3.40. The van der Waals surface area contributed by atoms with Crippen LogP contribution in [0.15, 0.2) is 24.3 Å². The molecule has 0 aliphatic carbocycles. The summed E-state index contributed by atoms with van der Waals surface area (Å²) in [5.41, 5.74) is 6.14. The number of rotatable bonds is 7. The van der Waals surface area contributed by atoms with Gasteiger partial charge in [-0.3, -0.25) is 4.79 Å². The molecule has 0 saturated heterocycles. The third kappa shape index (κ3) is 5.38. The lowest BCUT2D eigenvalue weighted by Gasteiger charge is -2.28. The summed E-state index contributed by atoms with van der Waals surface area (Å²) in [7, 11) is 0. The molecule has 0 aromatic heterocycles. The Labute approximate surface area is 128 Å². The molecule has 0 heterocycles. The molecule has 1 amide bonds. The van der Waals surface area contributed by atoms with Crippen molar-refractivity contribution < 1.29 is 9.53 Å². The number of ether oxygens (including phenoxy) is 1. The summed E-state index contributed by atoms with van der Waals surface area (Å²) >= 11 is 0. The van der Waals surface area contributed by atoms with Gasteiger partial charge >= 0.3 is 0 Å². The number of carbonyl (C=O) groups excluding carboxylic acids is 1.